The first-order valence-electron chi connectivity index (χ1n) is 7.88. The van der Waals surface area contributed by atoms with Gasteiger partial charge in [0.2, 0.25) is 0 Å². The number of carbonyl (C=O) groups is 1. The van der Waals surface area contributed by atoms with Gasteiger partial charge in [-0.2, -0.15) is 5.10 Å². The summed E-state index contributed by atoms with van der Waals surface area (Å²) in [4.78, 5) is 14.6. The second kappa shape index (κ2) is 6.54. The molecule has 0 spiro atoms. The lowest BCUT2D eigenvalue weighted by Crippen LogP contribution is -2.42. The Kier molecular flexibility index (Phi) is 4.90. The summed E-state index contributed by atoms with van der Waals surface area (Å²) < 4.78 is 1.79. The first-order chi connectivity index (χ1) is 10.7. The number of aryl methyl sites for hydroxylation is 1. The summed E-state index contributed by atoms with van der Waals surface area (Å²) in [6, 6.07) is 9.76. The van der Waals surface area contributed by atoms with Crippen molar-refractivity contribution in [1.82, 2.24) is 14.7 Å². The fourth-order valence-corrected chi connectivity index (χ4v) is 2.73. The maximum absolute atomic E-state index is 12.9. The molecule has 23 heavy (non-hydrogen) atoms. The molecule has 0 aliphatic heterocycles. The van der Waals surface area contributed by atoms with Crippen LogP contribution in [0.2, 0.25) is 0 Å². The minimum Gasteiger partial charge on any atom is -0.389 e. The molecule has 0 saturated carbocycles. The van der Waals surface area contributed by atoms with Crippen molar-refractivity contribution in [3.63, 3.8) is 0 Å². The maximum Gasteiger partial charge on any atom is 0.257 e. The summed E-state index contributed by atoms with van der Waals surface area (Å²) in [5.74, 6) is -0.0909. The number of likely N-dealkylation sites (N-methyl/N-ethyl adjacent to an activating group) is 1. The molecule has 0 aliphatic carbocycles. The molecule has 0 aliphatic rings. The molecular weight excluding hydrogens is 290 g/mol. The van der Waals surface area contributed by atoms with Crippen molar-refractivity contribution in [2.45, 2.75) is 40.2 Å². The molecule has 0 bridgehead atoms. The molecular formula is C18H25N3O2. The highest BCUT2D eigenvalue weighted by atomic mass is 16.3. The summed E-state index contributed by atoms with van der Waals surface area (Å²) in [5, 5.41) is 14.5. The second-order valence-corrected chi connectivity index (χ2v) is 6.42. The second-order valence-electron chi connectivity index (χ2n) is 6.42. The van der Waals surface area contributed by atoms with Crippen molar-refractivity contribution in [1.29, 1.82) is 0 Å². The number of rotatable bonds is 5. The van der Waals surface area contributed by atoms with Crippen molar-refractivity contribution >= 4 is 5.91 Å². The molecule has 1 aromatic carbocycles. The van der Waals surface area contributed by atoms with Gasteiger partial charge in [-0.05, 0) is 46.8 Å². The van der Waals surface area contributed by atoms with Crippen molar-refractivity contribution in [2.75, 3.05) is 13.1 Å². The number of benzene rings is 1. The highest BCUT2D eigenvalue weighted by Crippen LogP contribution is 2.20. The van der Waals surface area contributed by atoms with Crippen LogP contribution in [0.5, 0.6) is 0 Å². The Morgan fingerprint density at radius 1 is 1.26 bits per heavy atom. The molecule has 0 radical (unpaired) electrons. The van der Waals surface area contributed by atoms with E-state index in [1.807, 2.05) is 51.1 Å². The molecule has 5 heteroatoms. The van der Waals surface area contributed by atoms with E-state index in [1.165, 1.54) is 0 Å². The molecule has 2 aromatic rings. The molecule has 2 rings (SSSR count). The topological polar surface area (TPSA) is 58.4 Å². The normalized spacial score (nSPS) is 11.6. The average Bonchev–Trinajstić information content (AvgIpc) is 2.79. The molecule has 0 unspecified atom stereocenters. The van der Waals surface area contributed by atoms with Crippen LogP contribution in [0.1, 0.15) is 42.5 Å². The fraction of sp³-hybridized carbons (Fsp3) is 0.444. The van der Waals surface area contributed by atoms with Crippen LogP contribution in [-0.4, -0.2) is 44.4 Å². The SMILES string of the molecule is CCN(CC(C)(C)O)C(=O)c1c(C)nn(-c2ccccc2)c1C. The number of para-hydroxylation sites is 1. The van der Waals surface area contributed by atoms with Crippen LogP contribution < -0.4 is 0 Å². The molecule has 1 amide bonds. The van der Waals surface area contributed by atoms with Gasteiger partial charge >= 0.3 is 0 Å². The van der Waals surface area contributed by atoms with Gasteiger partial charge in [0.1, 0.15) is 0 Å². The summed E-state index contributed by atoms with van der Waals surface area (Å²) in [5.41, 5.74) is 2.12. The number of hydrogen-bond donors (Lipinski definition) is 1. The minimum atomic E-state index is -0.928. The average molecular weight is 315 g/mol. The predicted octanol–water partition coefficient (Wildman–Crippen LogP) is 2.72. The van der Waals surface area contributed by atoms with Gasteiger partial charge in [0.15, 0.2) is 0 Å². The first kappa shape index (κ1) is 17.2. The van der Waals surface area contributed by atoms with E-state index in [0.717, 1.165) is 11.4 Å². The first-order valence-corrected chi connectivity index (χ1v) is 7.88. The van der Waals surface area contributed by atoms with Gasteiger partial charge in [0.05, 0.1) is 28.2 Å². The van der Waals surface area contributed by atoms with E-state index in [0.29, 0.717) is 17.8 Å². The number of hydrogen-bond acceptors (Lipinski definition) is 3. The Balaban J connectivity index is 2.40. The van der Waals surface area contributed by atoms with E-state index in [-0.39, 0.29) is 12.5 Å². The number of aliphatic hydroxyl groups is 1. The van der Waals surface area contributed by atoms with E-state index < -0.39 is 5.60 Å². The van der Waals surface area contributed by atoms with E-state index in [2.05, 4.69) is 5.10 Å². The molecule has 0 atom stereocenters. The van der Waals surface area contributed by atoms with Gasteiger partial charge < -0.3 is 10.0 Å². The Morgan fingerprint density at radius 2 is 1.87 bits per heavy atom. The molecule has 1 aromatic heterocycles. The van der Waals surface area contributed by atoms with Crippen LogP contribution in [0.4, 0.5) is 0 Å². The molecule has 1 N–H and O–H groups in total. The van der Waals surface area contributed by atoms with Gasteiger partial charge in [0, 0.05) is 13.1 Å². The summed E-state index contributed by atoms with van der Waals surface area (Å²) in [6.45, 7) is 9.90. The third kappa shape index (κ3) is 3.79. The van der Waals surface area contributed by atoms with Gasteiger partial charge in [-0.15, -0.1) is 0 Å². The summed E-state index contributed by atoms with van der Waals surface area (Å²) in [6.07, 6.45) is 0. The Bertz CT molecular complexity index is 684. The standard InChI is InChI=1S/C18H25N3O2/c1-6-20(12-18(4,5)23)17(22)16-13(2)19-21(14(16)3)15-10-8-7-9-11-15/h7-11,23H,6,12H2,1-5H3. The number of amides is 1. The van der Waals surface area contributed by atoms with Crippen molar-refractivity contribution in [3.05, 3.63) is 47.3 Å². The number of aromatic nitrogens is 2. The van der Waals surface area contributed by atoms with Gasteiger partial charge in [-0.1, -0.05) is 18.2 Å². The molecule has 0 fully saturated rings. The maximum atomic E-state index is 12.9. The fourth-order valence-electron chi connectivity index (χ4n) is 2.73. The van der Waals surface area contributed by atoms with Crippen LogP contribution in [-0.2, 0) is 0 Å². The third-order valence-electron chi connectivity index (χ3n) is 3.75. The molecule has 5 nitrogen and oxygen atoms in total. The zero-order valence-corrected chi connectivity index (χ0v) is 14.5. The van der Waals surface area contributed by atoms with E-state index in [9.17, 15) is 9.90 Å². The van der Waals surface area contributed by atoms with Gasteiger partial charge in [-0.3, -0.25) is 4.79 Å². The van der Waals surface area contributed by atoms with E-state index >= 15 is 0 Å². The van der Waals surface area contributed by atoms with E-state index in [4.69, 9.17) is 0 Å². The van der Waals surface area contributed by atoms with Crippen LogP contribution >= 0.6 is 0 Å². The van der Waals surface area contributed by atoms with E-state index in [1.54, 1.807) is 23.4 Å². The molecule has 124 valence electrons. The van der Waals surface area contributed by atoms with Crippen LogP contribution in [0.25, 0.3) is 5.69 Å². The lowest BCUT2D eigenvalue weighted by atomic mass is 10.1. The quantitative estimate of drug-likeness (QED) is 0.923. The predicted molar refractivity (Wildman–Crippen MR) is 90.9 cm³/mol. The van der Waals surface area contributed by atoms with Gasteiger partial charge in [-0.25, -0.2) is 4.68 Å². The third-order valence-corrected chi connectivity index (χ3v) is 3.75. The Morgan fingerprint density at radius 3 is 2.39 bits per heavy atom. The Hall–Kier alpha value is -2.14. The van der Waals surface area contributed by atoms with Crippen molar-refractivity contribution in [2.24, 2.45) is 0 Å². The van der Waals surface area contributed by atoms with Crippen LogP contribution in [0.15, 0.2) is 30.3 Å². The van der Waals surface area contributed by atoms with Crippen LogP contribution in [0, 0.1) is 13.8 Å². The highest BCUT2D eigenvalue weighted by molar-refractivity contribution is 5.96. The number of carbonyl (C=O) groups excluding carboxylic acids is 1. The lowest BCUT2D eigenvalue weighted by Gasteiger charge is -2.28. The van der Waals surface area contributed by atoms with Gasteiger partial charge in [0.25, 0.3) is 5.91 Å². The largest absolute Gasteiger partial charge is 0.389 e. The molecule has 1 heterocycles. The highest BCUT2D eigenvalue weighted by Gasteiger charge is 2.27. The van der Waals surface area contributed by atoms with Crippen molar-refractivity contribution in [3.8, 4) is 5.69 Å². The zero-order valence-electron chi connectivity index (χ0n) is 14.5. The summed E-state index contributed by atoms with van der Waals surface area (Å²) in [7, 11) is 0. The smallest absolute Gasteiger partial charge is 0.257 e. The Labute approximate surface area is 137 Å². The number of nitrogens with zero attached hydrogens (tertiary/aromatic N) is 3. The van der Waals surface area contributed by atoms with Crippen LogP contribution in [0.3, 0.4) is 0 Å². The molecule has 0 saturated heterocycles. The monoisotopic (exact) mass is 315 g/mol. The summed E-state index contributed by atoms with van der Waals surface area (Å²) >= 11 is 0. The zero-order chi connectivity index (χ0) is 17.2. The minimum absolute atomic E-state index is 0.0909. The van der Waals surface area contributed by atoms with Crippen molar-refractivity contribution < 1.29 is 9.90 Å². The lowest BCUT2D eigenvalue weighted by molar-refractivity contribution is 0.0314.